The molecule has 1 aromatic rings. The molecular weight excluding hydrogens is 404 g/mol. The van der Waals surface area contributed by atoms with Crippen molar-refractivity contribution in [3.63, 3.8) is 0 Å². The highest BCUT2D eigenvalue weighted by Gasteiger charge is 2.31. The molecule has 0 bridgehead atoms. The highest BCUT2D eigenvalue weighted by atomic mass is 127. The summed E-state index contributed by atoms with van der Waals surface area (Å²) in [4.78, 5) is 0. The Bertz CT molecular complexity index is 363. The SMILES string of the molecule is N[C@H](c1cc(I)cc(I)c1O)C1CC1. The van der Waals surface area contributed by atoms with Gasteiger partial charge >= 0.3 is 0 Å². The Morgan fingerprint density at radius 1 is 1.36 bits per heavy atom. The van der Waals surface area contributed by atoms with E-state index in [9.17, 15) is 5.11 Å². The smallest absolute Gasteiger partial charge is 0.133 e. The summed E-state index contributed by atoms with van der Waals surface area (Å²) in [7, 11) is 0. The zero-order valence-electron chi connectivity index (χ0n) is 7.50. The third-order valence-electron chi connectivity index (χ3n) is 2.55. The molecule has 0 unspecified atom stereocenters. The minimum atomic E-state index is 0.0123. The van der Waals surface area contributed by atoms with Gasteiger partial charge in [0.25, 0.3) is 0 Å². The molecule has 1 aromatic carbocycles. The van der Waals surface area contributed by atoms with Crippen molar-refractivity contribution in [2.45, 2.75) is 18.9 Å². The van der Waals surface area contributed by atoms with Crippen LogP contribution in [0.3, 0.4) is 0 Å². The minimum absolute atomic E-state index is 0.0123. The number of phenols is 1. The Hall–Kier alpha value is 0.440. The topological polar surface area (TPSA) is 46.2 Å². The third-order valence-corrected chi connectivity index (χ3v) is 3.99. The molecule has 4 heteroatoms. The number of benzene rings is 1. The van der Waals surface area contributed by atoms with Gasteiger partial charge in [-0.25, -0.2) is 0 Å². The van der Waals surface area contributed by atoms with Gasteiger partial charge in [0.1, 0.15) is 5.75 Å². The lowest BCUT2D eigenvalue weighted by molar-refractivity contribution is 0.452. The van der Waals surface area contributed by atoms with E-state index in [0.717, 1.165) is 12.7 Å². The van der Waals surface area contributed by atoms with Crippen LogP contribution in [-0.4, -0.2) is 5.11 Å². The van der Waals surface area contributed by atoms with Crippen LogP contribution in [0.1, 0.15) is 24.4 Å². The fraction of sp³-hybridized carbons (Fsp3) is 0.400. The molecule has 2 rings (SSSR count). The van der Waals surface area contributed by atoms with Gasteiger partial charge in [-0.1, -0.05) is 0 Å². The summed E-state index contributed by atoms with van der Waals surface area (Å²) < 4.78 is 2.02. The Labute approximate surface area is 111 Å². The largest absolute Gasteiger partial charge is 0.506 e. The van der Waals surface area contributed by atoms with Gasteiger partial charge in [0.15, 0.2) is 0 Å². The fourth-order valence-corrected chi connectivity index (χ4v) is 3.44. The van der Waals surface area contributed by atoms with Crippen LogP contribution < -0.4 is 5.73 Å². The molecule has 76 valence electrons. The lowest BCUT2D eigenvalue weighted by Gasteiger charge is -2.14. The normalized spacial score (nSPS) is 18.2. The van der Waals surface area contributed by atoms with E-state index < -0.39 is 0 Å². The van der Waals surface area contributed by atoms with Gasteiger partial charge in [-0.3, -0.25) is 0 Å². The maximum atomic E-state index is 9.88. The first-order chi connectivity index (χ1) is 6.59. The van der Waals surface area contributed by atoms with E-state index in [1.54, 1.807) is 0 Å². The van der Waals surface area contributed by atoms with E-state index in [1.807, 2.05) is 12.1 Å². The van der Waals surface area contributed by atoms with E-state index in [0.29, 0.717) is 11.7 Å². The number of phenolic OH excluding ortho intramolecular Hbond substituents is 1. The molecule has 0 spiro atoms. The lowest BCUT2D eigenvalue weighted by atomic mass is 10.0. The highest BCUT2D eigenvalue weighted by Crippen LogP contribution is 2.43. The lowest BCUT2D eigenvalue weighted by Crippen LogP contribution is -2.13. The molecule has 3 N–H and O–H groups in total. The molecule has 0 aliphatic heterocycles. The number of aromatic hydroxyl groups is 1. The summed E-state index contributed by atoms with van der Waals surface area (Å²) in [5.74, 6) is 0.945. The first kappa shape index (κ1) is 10.9. The first-order valence-corrected chi connectivity index (χ1v) is 6.69. The van der Waals surface area contributed by atoms with Gasteiger partial charge in [-0.2, -0.15) is 0 Å². The number of hydrogen-bond acceptors (Lipinski definition) is 2. The van der Waals surface area contributed by atoms with Crippen molar-refractivity contribution in [2.75, 3.05) is 0 Å². The van der Waals surface area contributed by atoms with Crippen LogP contribution in [0.4, 0.5) is 0 Å². The molecule has 1 fully saturated rings. The van der Waals surface area contributed by atoms with Crippen molar-refractivity contribution in [2.24, 2.45) is 11.7 Å². The maximum Gasteiger partial charge on any atom is 0.133 e. The molecule has 0 saturated heterocycles. The molecule has 0 amide bonds. The molecule has 1 aliphatic rings. The summed E-state index contributed by atoms with van der Waals surface area (Å²) >= 11 is 4.40. The zero-order valence-corrected chi connectivity index (χ0v) is 11.8. The molecule has 1 saturated carbocycles. The van der Waals surface area contributed by atoms with Gasteiger partial charge in [-0.05, 0) is 76.1 Å². The van der Waals surface area contributed by atoms with E-state index in [1.165, 1.54) is 12.8 Å². The van der Waals surface area contributed by atoms with Crippen molar-refractivity contribution in [3.8, 4) is 5.75 Å². The van der Waals surface area contributed by atoms with E-state index in [-0.39, 0.29) is 6.04 Å². The van der Waals surface area contributed by atoms with Crippen LogP contribution in [0.5, 0.6) is 5.75 Å². The van der Waals surface area contributed by atoms with Gasteiger partial charge in [0.05, 0.1) is 3.57 Å². The molecule has 14 heavy (non-hydrogen) atoms. The predicted molar refractivity (Wildman–Crippen MR) is 73.2 cm³/mol. The van der Waals surface area contributed by atoms with Crippen LogP contribution in [0, 0.1) is 13.1 Å². The summed E-state index contributed by atoms with van der Waals surface area (Å²) in [5, 5.41) is 9.88. The summed E-state index contributed by atoms with van der Waals surface area (Å²) in [5.41, 5.74) is 6.98. The van der Waals surface area contributed by atoms with Crippen LogP contribution in [0.25, 0.3) is 0 Å². The summed E-state index contributed by atoms with van der Waals surface area (Å²) in [6, 6.07) is 3.96. The monoisotopic (exact) mass is 415 g/mol. The molecule has 1 aliphatic carbocycles. The average Bonchev–Trinajstić information content (AvgIpc) is 2.93. The van der Waals surface area contributed by atoms with Gasteiger partial charge in [0.2, 0.25) is 0 Å². The second-order valence-electron chi connectivity index (χ2n) is 3.69. The molecule has 0 aromatic heterocycles. The third kappa shape index (κ3) is 2.16. The molecular formula is C10H11I2NO. The molecule has 0 heterocycles. The Morgan fingerprint density at radius 3 is 2.57 bits per heavy atom. The van der Waals surface area contributed by atoms with Crippen LogP contribution in [-0.2, 0) is 0 Å². The molecule has 1 atom stereocenters. The van der Waals surface area contributed by atoms with Gasteiger partial charge in [0, 0.05) is 15.2 Å². The van der Waals surface area contributed by atoms with Gasteiger partial charge < -0.3 is 10.8 Å². The van der Waals surface area contributed by atoms with Crippen molar-refractivity contribution in [3.05, 3.63) is 24.8 Å². The van der Waals surface area contributed by atoms with Crippen LogP contribution >= 0.6 is 45.2 Å². The van der Waals surface area contributed by atoms with Gasteiger partial charge in [-0.15, -0.1) is 0 Å². The average molecular weight is 415 g/mol. The molecule has 2 nitrogen and oxygen atoms in total. The fourth-order valence-electron chi connectivity index (χ4n) is 1.55. The number of halogens is 2. The Kier molecular flexibility index (Phi) is 3.23. The van der Waals surface area contributed by atoms with Crippen molar-refractivity contribution >= 4 is 45.2 Å². The maximum absolute atomic E-state index is 9.88. The van der Waals surface area contributed by atoms with Crippen LogP contribution in [0.2, 0.25) is 0 Å². The highest BCUT2D eigenvalue weighted by molar-refractivity contribution is 14.1. The van der Waals surface area contributed by atoms with Crippen molar-refractivity contribution in [1.29, 1.82) is 0 Å². The van der Waals surface area contributed by atoms with E-state index in [4.69, 9.17) is 5.73 Å². The first-order valence-electron chi connectivity index (χ1n) is 4.53. The van der Waals surface area contributed by atoms with E-state index in [2.05, 4.69) is 45.2 Å². The van der Waals surface area contributed by atoms with Crippen molar-refractivity contribution in [1.82, 2.24) is 0 Å². The number of hydrogen-bond donors (Lipinski definition) is 2. The summed E-state index contributed by atoms with van der Waals surface area (Å²) in [6.45, 7) is 0. The Morgan fingerprint density at radius 2 is 2.00 bits per heavy atom. The van der Waals surface area contributed by atoms with Crippen LogP contribution in [0.15, 0.2) is 12.1 Å². The second-order valence-corrected chi connectivity index (χ2v) is 6.10. The zero-order chi connectivity index (χ0) is 10.3. The quantitative estimate of drug-likeness (QED) is 0.731. The number of rotatable bonds is 2. The minimum Gasteiger partial charge on any atom is -0.506 e. The Balaban J connectivity index is 2.39. The summed E-state index contributed by atoms with van der Waals surface area (Å²) in [6.07, 6.45) is 2.39. The standard InChI is InChI=1S/C10H11I2NO/c11-6-3-7(9(13)5-1-2-5)10(14)8(12)4-6/h3-5,9,14H,1-2,13H2/t9-/m0/s1. The number of nitrogens with two attached hydrogens (primary N) is 1. The molecule has 0 radical (unpaired) electrons. The predicted octanol–water partition coefficient (Wildman–Crippen LogP) is 3.01. The van der Waals surface area contributed by atoms with E-state index >= 15 is 0 Å². The second kappa shape index (κ2) is 4.13. The van der Waals surface area contributed by atoms with Crippen molar-refractivity contribution < 1.29 is 5.11 Å².